The molecule has 0 fully saturated rings. The van der Waals surface area contributed by atoms with Crippen molar-refractivity contribution in [2.75, 3.05) is 6.54 Å². The van der Waals surface area contributed by atoms with E-state index in [0.717, 1.165) is 18.7 Å². The Hall–Kier alpha value is -1.89. The van der Waals surface area contributed by atoms with Gasteiger partial charge in [0.1, 0.15) is 5.82 Å². The molecule has 2 aromatic rings. The second kappa shape index (κ2) is 6.26. The van der Waals surface area contributed by atoms with Crippen LogP contribution >= 0.6 is 0 Å². The van der Waals surface area contributed by atoms with Crippen LogP contribution in [0.1, 0.15) is 33.0 Å². The molecule has 2 aromatic heterocycles. The summed E-state index contributed by atoms with van der Waals surface area (Å²) >= 11 is 0. The van der Waals surface area contributed by atoms with Crippen LogP contribution in [0.4, 0.5) is 0 Å². The van der Waals surface area contributed by atoms with Gasteiger partial charge in [-0.2, -0.15) is 0 Å². The molecule has 0 atom stereocenters. The van der Waals surface area contributed by atoms with Crippen LogP contribution in [0.25, 0.3) is 11.2 Å². The molecule has 0 unspecified atom stereocenters. The minimum absolute atomic E-state index is 0.228. The van der Waals surface area contributed by atoms with E-state index in [4.69, 9.17) is 5.73 Å². The number of rotatable bonds is 6. The summed E-state index contributed by atoms with van der Waals surface area (Å²) in [5.41, 5.74) is 5.91. The normalized spacial score (nSPS) is 11.4. The molecule has 0 aliphatic heterocycles. The second-order valence-corrected chi connectivity index (χ2v) is 4.97. The summed E-state index contributed by atoms with van der Waals surface area (Å²) in [6, 6.07) is 0. The van der Waals surface area contributed by atoms with Gasteiger partial charge in [-0.15, -0.1) is 0 Å². The maximum Gasteiger partial charge on any atom is 0.332 e. The number of nitrogens with zero attached hydrogens (tertiary/aromatic N) is 4. The standard InChI is InChI=1S/C14H23N5O2/c1-4-7-10-16-12-11(17(10)5-2)13(20)19(9-8-15)14(21)18(12)6-3/h4-9,15H2,1-3H3. The molecular weight excluding hydrogens is 270 g/mol. The van der Waals surface area contributed by atoms with Crippen LogP contribution in [-0.4, -0.2) is 25.2 Å². The smallest absolute Gasteiger partial charge is 0.329 e. The summed E-state index contributed by atoms with van der Waals surface area (Å²) in [5, 5.41) is 0. The monoisotopic (exact) mass is 293 g/mol. The van der Waals surface area contributed by atoms with Gasteiger partial charge in [0.2, 0.25) is 0 Å². The lowest BCUT2D eigenvalue weighted by molar-refractivity contribution is 0.584. The fraction of sp³-hybridized carbons (Fsp3) is 0.643. The van der Waals surface area contributed by atoms with Gasteiger partial charge in [-0.1, -0.05) is 6.92 Å². The topological polar surface area (TPSA) is 87.8 Å². The first-order valence-electron chi connectivity index (χ1n) is 7.53. The third kappa shape index (κ3) is 2.42. The molecule has 0 saturated carbocycles. The molecule has 0 aliphatic rings. The predicted molar refractivity (Wildman–Crippen MR) is 82.7 cm³/mol. The molecule has 0 bridgehead atoms. The Kier molecular flexibility index (Phi) is 4.62. The lowest BCUT2D eigenvalue weighted by atomic mass is 10.3. The van der Waals surface area contributed by atoms with Crippen LogP contribution in [0.3, 0.4) is 0 Å². The molecule has 116 valence electrons. The highest BCUT2D eigenvalue weighted by Crippen LogP contribution is 2.13. The van der Waals surface area contributed by atoms with Gasteiger partial charge in [-0.25, -0.2) is 9.78 Å². The Bertz CT molecular complexity index is 753. The van der Waals surface area contributed by atoms with Gasteiger partial charge in [0, 0.05) is 32.6 Å². The van der Waals surface area contributed by atoms with Crippen LogP contribution < -0.4 is 17.0 Å². The van der Waals surface area contributed by atoms with Crippen LogP contribution in [-0.2, 0) is 26.1 Å². The Morgan fingerprint density at radius 1 is 1.05 bits per heavy atom. The number of hydrogen-bond acceptors (Lipinski definition) is 4. The number of aromatic nitrogens is 4. The summed E-state index contributed by atoms with van der Waals surface area (Å²) in [7, 11) is 0. The number of aryl methyl sites for hydroxylation is 3. The molecule has 0 saturated heterocycles. The van der Waals surface area contributed by atoms with E-state index in [2.05, 4.69) is 11.9 Å². The van der Waals surface area contributed by atoms with E-state index in [1.54, 1.807) is 4.57 Å². The molecule has 0 radical (unpaired) electrons. The highest BCUT2D eigenvalue weighted by atomic mass is 16.2. The zero-order chi connectivity index (χ0) is 15.6. The third-order valence-electron chi connectivity index (χ3n) is 3.65. The van der Waals surface area contributed by atoms with E-state index >= 15 is 0 Å². The quantitative estimate of drug-likeness (QED) is 0.830. The van der Waals surface area contributed by atoms with E-state index < -0.39 is 0 Å². The zero-order valence-electron chi connectivity index (χ0n) is 12.9. The Labute approximate surface area is 123 Å². The van der Waals surface area contributed by atoms with Crippen LogP contribution in [0.2, 0.25) is 0 Å². The van der Waals surface area contributed by atoms with Gasteiger partial charge in [-0.05, 0) is 20.3 Å². The van der Waals surface area contributed by atoms with Gasteiger partial charge in [0.15, 0.2) is 11.2 Å². The van der Waals surface area contributed by atoms with Crippen LogP contribution in [0.15, 0.2) is 9.59 Å². The average Bonchev–Trinajstić information content (AvgIpc) is 2.83. The van der Waals surface area contributed by atoms with E-state index in [9.17, 15) is 9.59 Å². The van der Waals surface area contributed by atoms with E-state index in [1.165, 1.54) is 4.57 Å². The van der Waals surface area contributed by atoms with Crippen molar-refractivity contribution in [3.8, 4) is 0 Å². The summed E-state index contributed by atoms with van der Waals surface area (Å²) in [5.74, 6) is 0.860. The number of hydrogen-bond donors (Lipinski definition) is 1. The van der Waals surface area contributed by atoms with Crippen molar-refractivity contribution in [2.45, 2.75) is 53.2 Å². The number of fused-ring (bicyclic) bond motifs is 1. The Balaban J connectivity index is 2.93. The van der Waals surface area contributed by atoms with Crippen LogP contribution in [0, 0.1) is 0 Å². The molecule has 2 heterocycles. The van der Waals surface area contributed by atoms with Crippen molar-refractivity contribution in [3.05, 3.63) is 26.7 Å². The minimum atomic E-state index is -0.329. The van der Waals surface area contributed by atoms with Crippen molar-refractivity contribution >= 4 is 11.2 Å². The highest BCUT2D eigenvalue weighted by Gasteiger charge is 2.19. The molecule has 2 N–H and O–H groups in total. The van der Waals surface area contributed by atoms with Gasteiger partial charge < -0.3 is 10.3 Å². The molecule has 0 aromatic carbocycles. The van der Waals surface area contributed by atoms with Gasteiger partial charge >= 0.3 is 5.69 Å². The molecule has 0 amide bonds. The minimum Gasteiger partial charge on any atom is -0.329 e. The van der Waals surface area contributed by atoms with Crippen molar-refractivity contribution in [3.63, 3.8) is 0 Å². The molecule has 21 heavy (non-hydrogen) atoms. The van der Waals surface area contributed by atoms with E-state index in [-0.39, 0.29) is 24.3 Å². The van der Waals surface area contributed by atoms with E-state index in [1.807, 2.05) is 18.4 Å². The maximum absolute atomic E-state index is 12.6. The molecular formula is C14H23N5O2. The first kappa shape index (κ1) is 15.5. The molecule has 0 spiro atoms. The fourth-order valence-corrected chi connectivity index (χ4v) is 2.70. The Morgan fingerprint density at radius 3 is 2.24 bits per heavy atom. The molecule has 7 heteroatoms. The lowest BCUT2D eigenvalue weighted by Gasteiger charge is -2.10. The predicted octanol–water partition coefficient (Wildman–Crippen LogP) is 0.311. The summed E-state index contributed by atoms with van der Waals surface area (Å²) in [6.07, 6.45) is 1.73. The summed E-state index contributed by atoms with van der Waals surface area (Å²) in [6.45, 7) is 7.55. The van der Waals surface area contributed by atoms with Gasteiger partial charge in [0.05, 0.1) is 0 Å². The fourth-order valence-electron chi connectivity index (χ4n) is 2.70. The third-order valence-corrected chi connectivity index (χ3v) is 3.65. The molecule has 7 nitrogen and oxygen atoms in total. The number of nitrogens with two attached hydrogens (primary N) is 1. The average molecular weight is 293 g/mol. The van der Waals surface area contributed by atoms with Crippen molar-refractivity contribution in [1.29, 1.82) is 0 Å². The first-order valence-corrected chi connectivity index (χ1v) is 7.53. The largest absolute Gasteiger partial charge is 0.332 e. The zero-order valence-corrected chi connectivity index (χ0v) is 12.9. The van der Waals surface area contributed by atoms with Crippen molar-refractivity contribution in [2.24, 2.45) is 5.73 Å². The van der Waals surface area contributed by atoms with Crippen LogP contribution in [0.5, 0.6) is 0 Å². The van der Waals surface area contributed by atoms with E-state index in [0.29, 0.717) is 24.3 Å². The SMILES string of the molecule is CCCc1nc2c(c(=O)n(CCN)c(=O)n2CC)n1CC. The van der Waals surface area contributed by atoms with Gasteiger partial charge in [0.25, 0.3) is 5.56 Å². The highest BCUT2D eigenvalue weighted by molar-refractivity contribution is 5.71. The van der Waals surface area contributed by atoms with Gasteiger partial charge in [-0.3, -0.25) is 13.9 Å². The molecule has 0 aliphatic carbocycles. The summed E-state index contributed by atoms with van der Waals surface area (Å²) < 4.78 is 4.69. The van der Waals surface area contributed by atoms with Crippen molar-refractivity contribution < 1.29 is 0 Å². The first-order chi connectivity index (χ1) is 10.1. The molecule has 2 rings (SSSR count). The maximum atomic E-state index is 12.6. The Morgan fingerprint density at radius 2 is 1.71 bits per heavy atom. The number of imidazole rings is 1. The second-order valence-electron chi connectivity index (χ2n) is 4.97. The van der Waals surface area contributed by atoms with Crippen molar-refractivity contribution in [1.82, 2.24) is 18.7 Å². The lowest BCUT2D eigenvalue weighted by Crippen LogP contribution is -2.41. The summed E-state index contributed by atoms with van der Waals surface area (Å²) in [4.78, 5) is 29.6.